The summed E-state index contributed by atoms with van der Waals surface area (Å²) in [6.45, 7) is 2.60. The number of hydrogen-bond acceptors (Lipinski definition) is 5. The molecule has 0 spiro atoms. The highest BCUT2D eigenvalue weighted by Crippen LogP contribution is 2.19. The Bertz CT molecular complexity index is 917. The molecular formula is C22H29Cl3N6O. The van der Waals surface area contributed by atoms with Gasteiger partial charge in [-0.15, -0.1) is 37.2 Å². The minimum Gasteiger partial charge on any atom is -0.339 e. The molecule has 0 N–H and O–H groups in total. The molecule has 1 fully saturated rings. The number of amides is 1. The maximum atomic E-state index is 12.9. The van der Waals surface area contributed by atoms with Gasteiger partial charge < -0.3 is 9.80 Å². The summed E-state index contributed by atoms with van der Waals surface area (Å²) in [6.07, 6.45) is 9.90. The number of hydrogen-bond donors (Lipinski definition) is 0. The summed E-state index contributed by atoms with van der Waals surface area (Å²) < 4.78 is 1.68. The van der Waals surface area contributed by atoms with Gasteiger partial charge >= 0.3 is 0 Å². The molecule has 7 nitrogen and oxygen atoms in total. The van der Waals surface area contributed by atoms with E-state index in [2.05, 4.69) is 33.1 Å². The number of rotatable bonds is 6. The molecule has 10 heteroatoms. The molecule has 0 radical (unpaired) electrons. The van der Waals surface area contributed by atoms with Crippen molar-refractivity contribution in [3.8, 4) is 5.69 Å². The standard InChI is InChI=1S/C22H26N6O.3ClH/c1-26(12-8-18-3-2-11-23-15-18)20-9-13-27(14-10-20)22(29)19-4-6-21(7-5-19)28-17-24-16-25-28;;;/h2-7,11,15-17,20H,8-10,12-14H2,1H3;3*1H. The Morgan fingerprint density at radius 2 is 1.78 bits per heavy atom. The molecule has 0 unspecified atom stereocenters. The molecule has 3 aromatic rings. The maximum absolute atomic E-state index is 12.9. The number of pyridine rings is 1. The van der Waals surface area contributed by atoms with Crippen LogP contribution in [0.5, 0.6) is 0 Å². The first kappa shape index (κ1) is 27.8. The number of likely N-dealkylation sites (N-methyl/N-ethyl adjacent to an activating group) is 1. The Balaban J connectivity index is 0.00000171. The Hall–Kier alpha value is -2.19. The molecule has 0 aliphatic carbocycles. The van der Waals surface area contributed by atoms with Crippen LogP contribution in [0, 0.1) is 0 Å². The van der Waals surface area contributed by atoms with Crippen molar-refractivity contribution in [2.45, 2.75) is 25.3 Å². The van der Waals surface area contributed by atoms with E-state index in [0.717, 1.165) is 50.1 Å². The second-order valence-corrected chi connectivity index (χ2v) is 7.50. The highest BCUT2D eigenvalue weighted by Gasteiger charge is 2.25. The van der Waals surface area contributed by atoms with E-state index in [1.165, 1.54) is 11.9 Å². The maximum Gasteiger partial charge on any atom is 0.253 e. The van der Waals surface area contributed by atoms with E-state index >= 15 is 0 Å². The van der Waals surface area contributed by atoms with Crippen molar-refractivity contribution in [3.63, 3.8) is 0 Å². The Kier molecular flexibility index (Phi) is 11.6. The number of carbonyl (C=O) groups excluding carboxylic acids is 1. The van der Waals surface area contributed by atoms with Crippen molar-refractivity contribution in [2.24, 2.45) is 0 Å². The van der Waals surface area contributed by atoms with Gasteiger partial charge in [-0.3, -0.25) is 9.78 Å². The summed E-state index contributed by atoms with van der Waals surface area (Å²) in [6, 6.07) is 12.2. The summed E-state index contributed by atoms with van der Waals surface area (Å²) in [4.78, 5) is 25.4. The zero-order chi connectivity index (χ0) is 20.1. The number of benzene rings is 1. The number of likely N-dealkylation sites (tertiary alicyclic amines) is 1. The molecule has 1 aliphatic heterocycles. The molecule has 4 rings (SSSR count). The molecule has 2 aromatic heterocycles. The molecule has 0 saturated carbocycles. The molecule has 3 heterocycles. The SMILES string of the molecule is CN(CCc1cccnc1)C1CCN(C(=O)c2ccc(-n3cncn3)cc2)CC1.Cl.Cl.Cl. The fourth-order valence-corrected chi connectivity index (χ4v) is 3.82. The number of piperidine rings is 1. The van der Waals surface area contributed by atoms with E-state index in [4.69, 9.17) is 0 Å². The van der Waals surface area contributed by atoms with Crippen LogP contribution in [-0.2, 0) is 6.42 Å². The monoisotopic (exact) mass is 498 g/mol. The van der Waals surface area contributed by atoms with E-state index in [1.807, 2.05) is 47.6 Å². The van der Waals surface area contributed by atoms with Gasteiger partial charge in [-0.05, 0) is 62.2 Å². The number of halogens is 3. The van der Waals surface area contributed by atoms with Crippen LogP contribution in [0.15, 0.2) is 61.4 Å². The van der Waals surface area contributed by atoms with Gasteiger partial charge in [-0.1, -0.05) is 6.07 Å². The lowest BCUT2D eigenvalue weighted by atomic mass is 10.0. The van der Waals surface area contributed by atoms with Crippen LogP contribution in [0.1, 0.15) is 28.8 Å². The predicted octanol–water partition coefficient (Wildman–Crippen LogP) is 3.71. The van der Waals surface area contributed by atoms with E-state index < -0.39 is 0 Å². The van der Waals surface area contributed by atoms with E-state index in [0.29, 0.717) is 6.04 Å². The van der Waals surface area contributed by atoms with Crippen molar-refractivity contribution >= 4 is 43.1 Å². The van der Waals surface area contributed by atoms with Crippen LogP contribution < -0.4 is 0 Å². The molecule has 0 atom stereocenters. The molecule has 0 bridgehead atoms. The summed E-state index contributed by atoms with van der Waals surface area (Å²) in [5, 5.41) is 4.11. The quantitative estimate of drug-likeness (QED) is 0.517. The number of carbonyl (C=O) groups is 1. The van der Waals surface area contributed by atoms with Crippen LogP contribution in [0.3, 0.4) is 0 Å². The Morgan fingerprint density at radius 1 is 1.06 bits per heavy atom. The lowest BCUT2D eigenvalue weighted by molar-refractivity contribution is 0.0647. The molecule has 32 heavy (non-hydrogen) atoms. The van der Waals surface area contributed by atoms with Gasteiger partial charge in [0.25, 0.3) is 5.91 Å². The van der Waals surface area contributed by atoms with Gasteiger partial charge in [-0.25, -0.2) is 9.67 Å². The fourth-order valence-electron chi connectivity index (χ4n) is 3.82. The van der Waals surface area contributed by atoms with Crippen LogP contribution in [0.25, 0.3) is 5.69 Å². The van der Waals surface area contributed by atoms with Crippen LogP contribution in [0.4, 0.5) is 0 Å². The van der Waals surface area contributed by atoms with Crippen molar-refractivity contribution in [3.05, 3.63) is 72.6 Å². The second kappa shape index (κ2) is 13.4. The molecular weight excluding hydrogens is 471 g/mol. The third kappa shape index (κ3) is 6.90. The normalized spacial score (nSPS) is 13.6. The van der Waals surface area contributed by atoms with E-state index in [1.54, 1.807) is 11.0 Å². The molecule has 1 amide bonds. The van der Waals surface area contributed by atoms with Crippen molar-refractivity contribution in [1.29, 1.82) is 0 Å². The van der Waals surface area contributed by atoms with Gasteiger partial charge in [0.05, 0.1) is 5.69 Å². The smallest absolute Gasteiger partial charge is 0.253 e. The summed E-state index contributed by atoms with van der Waals surface area (Å²) in [5.74, 6) is 0.103. The Labute approximate surface area is 207 Å². The summed E-state index contributed by atoms with van der Waals surface area (Å²) in [5.41, 5.74) is 2.88. The van der Waals surface area contributed by atoms with Crippen LogP contribution in [-0.4, -0.2) is 68.2 Å². The fraction of sp³-hybridized carbons (Fsp3) is 0.364. The molecule has 1 aromatic carbocycles. The van der Waals surface area contributed by atoms with Crippen LogP contribution >= 0.6 is 37.2 Å². The first-order valence-corrected chi connectivity index (χ1v) is 10.0. The minimum absolute atomic E-state index is 0. The summed E-state index contributed by atoms with van der Waals surface area (Å²) in [7, 11) is 2.18. The van der Waals surface area contributed by atoms with Gasteiger partial charge in [-0.2, -0.15) is 5.10 Å². The second-order valence-electron chi connectivity index (χ2n) is 7.50. The molecule has 1 aliphatic rings. The van der Waals surface area contributed by atoms with Gasteiger partial charge in [0.1, 0.15) is 12.7 Å². The summed E-state index contributed by atoms with van der Waals surface area (Å²) >= 11 is 0. The van der Waals surface area contributed by atoms with Crippen molar-refractivity contribution in [2.75, 3.05) is 26.7 Å². The minimum atomic E-state index is 0. The highest BCUT2D eigenvalue weighted by molar-refractivity contribution is 5.94. The lowest BCUT2D eigenvalue weighted by Gasteiger charge is -2.37. The third-order valence-corrected chi connectivity index (χ3v) is 5.65. The average Bonchev–Trinajstić information content (AvgIpc) is 3.33. The first-order valence-electron chi connectivity index (χ1n) is 10.0. The number of nitrogens with zero attached hydrogens (tertiary/aromatic N) is 6. The molecule has 174 valence electrons. The van der Waals surface area contributed by atoms with Crippen molar-refractivity contribution < 1.29 is 4.79 Å². The van der Waals surface area contributed by atoms with Crippen LogP contribution in [0.2, 0.25) is 0 Å². The molecule has 1 saturated heterocycles. The van der Waals surface area contributed by atoms with Gasteiger partial charge in [0, 0.05) is 43.6 Å². The van der Waals surface area contributed by atoms with Crippen molar-refractivity contribution in [1.82, 2.24) is 29.5 Å². The number of aromatic nitrogens is 4. The first-order chi connectivity index (χ1) is 14.2. The van der Waals surface area contributed by atoms with Gasteiger partial charge in [0.15, 0.2) is 0 Å². The zero-order valence-corrected chi connectivity index (χ0v) is 20.4. The average molecular weight is 500 g/mol. The topological polar surface area (TPSA) is 67.2 Å². The Morgan fingerprint density at radius 3 is 2.38 bits per heavy atom. The highest BCUT2D eigenvalue weighted by atomic mass is 35.5. The predicted molar refractivity (Wildman–Crippen MR) is 133 cm³/mol. The van der Waals surface area contributed by atoms with Gasteiger partial charge in [0.2, 0.25) is 0 Å². The lowest BCUT2D eigenvalue weighted by Crippen LogP contribution is -2.46. The largest absolute Gasteiger partial charge is 0.339 e. The van der Waals surface area contributed by atoms with E-state index in [-0.39, 0.29) is 43.1 Å². The van der Waals surface area contributed by atoms with E-state index in [9.17, 15) is 4.79 Å². The zero-order valence-electron chi connectivity index (χ0n) is 17.9. The third-order valence-electron chi connectivity index (χ3n) is 5.65.